The molecule has 0 N–H and O–H groups in total. The number of hydrogen-bond donors (Lipinski definition) is 0. The molecule has 1 atom stereocenters. The summed E-state index contributed by atoms with van der Waals surface area (Å²) in [7, 11) is 0. The fourth-order valence-corrected chi connectivity index (χ4v) is 1.94. The van der Waals surface area contributed by atoms with Crippen molar-refractivity contribution in [1.82, 2.24) is 14.8 Å². The summed E-state index contributed by atoms with van der Waals surface area (Å²) in [6, 6.07) is 8.31. The number of benzene rings is 1. The summed E-state index contributed by atoms with van der Waals surface area (Å²) in [4.78, 5) is 4.19. The Kier molecular flexibility index (Phi) is 4.55. The summed E-state index contributed by atoms with van der Waals surface area (Å²) in [6.07, 6.45) is 2.72. The van der Waals surface area contributed by atoms with Gasteiger partial charge in [-0.3, -0.25) is 0 Å². The number of rotatable bonds is 6. The normalized spacial score (nSPS) is 12.4. The molecule has 0 aliphatic rings. The molecule has 1 aromatic carbocycles. The molecule has 0 fully saturated rings. The quantitative estimate of drug-likeness (QED) is 0.798. The van der Waals surface area contributed by atoms with Crippen LogP contribution in [0.1, 0.15) is 44.5 Å². The van der Waals surface area contributed by atoms with Crippen molar-refractivity contribution < 1.29 is 4.74 Å². The lowest BCUT2D eigenvalue weighted by atomic mass is 9.99. The number of aryl methyl sites for hydroxylation is 1. The maximum absolute atomic E-state index is 5.74. The van der Waals surface area contributed by atoms with Gasteiger partial charge in [-0.05, 0) is 37.0 Å². The number of ether oxygens (including phenoxy) is 1. The van der Waals surface area contributed by atoms with Crippen LogP contribution in [0.5, 0.6) is 5.75 Å². The van der Waals surface area contributed by atoms with Crippen molar-refractivity contribution >= 4 is 0 Å². The van der Waals surface area contributed by atoms with Crippen LogP contribution < -0.4 is 4.74 Å². The van der Waals surface area contributed by atoms with Gasteiger partial charge in [-0.25, -0.2) is 9.67 Å². The fraction of sp³-hybridized carbons (Fsp3) is 0.467. The third-order valence-corrected chi connectivity index (χ3v) is 3.42. The Bertz CT molecular complexity index is 504. The van der Waals surface area contributed by atoms with Gasteiger partial charge in [-0.15, -0.1) is 0 Å². The molecule has 0 saturated carbocycles. The highest BCUT2D eigenvalue weighted by Gasteiger charge is 2.05. The predicted molar refractivity (Wildman–Crippen MR) is 75.2 cm³/mol. The second-order valence-electron chi connectivity index (χ2n) is 4.66. The molecular weight excluding hydrogens is 238 g/mol. The van der Waals surface area contributed by atoms with E-state index in [0.29, 0.717) is 12.5 Å². The van der Waals surface area contributed by atoms with Gasteiger partial charge in [0.25, 0.3) is 0 Å². The first-order valence-corrected chi connectivity index (χ1v) is 6.84. The molecule has 0 aliphatic heterocycles. The molecule has 1 unspecified atom stereocenters. The van der Waals surface area contributed by atoms with Crippen molar-refractivity contribution in [1.29, 1.82) is 0 Å². The average Bonchev–Trinajstić information content (AvgIpc) is 2.92. The molecule has 0 amide bonds. The van der Waals surface area contributed by atoms with Crippen molar-refractivity contribution in [3.63, 3.8) is 0 Å². The van der Waals surface area contributed by atoms with Gasteiger partial charge in [-0.1, -0.05) is 26.0 Å². The van der Waals surface area contributed by atoms with Crippen LogP contribution in [-0.2, 0) is 13.2 Å². The maximum atomic E-state index is 5.74. The molecule has 1 aromatic heterocycles. The number of aromatic nitrogens is 3. The Hall–Kier alpha value is -1.84. The first-order valence-electron chi connectivity index (χ1n) is 6.84. The van der Waals surface area contributed by atoms with Gasteiger partial charge in [0.2, 0.25) is 0 Å². The van der Waals surface area contributed by atoms with Gasteiger partial charge < -0.3 is 4.74 Å². The summed E-state index contributed by atoms with van der Waals surface area (Å²) in [6.45, 7) is 7.74. The van der Waals surface area contributed by atoms with Gasteiger partial charge in [-0.2, -0.15) is 5.10 Å². The Morgan fingerprint density at radius 1 is 1.21 bits per heavy atom. The molecular formula is C15H21N3O. The third kappa shape index (κ3) is 3.34. The van der Waals surface area contributed by atoms with E-state index < -0.39 is 0 Å². The molecule has 2 rings (SSSR count). The van der Waals surface area contributed by atoms with Crippen molar-refractivity contribution in [2.45, 2.75) is 46.3 Å². The third-order valence-electron chi connectivity index (χ3n) is 3.42. The summed E-state index contributed by atoms with van der Waals surface area (Å²) in [5.74, 6) is 2.32. The van der Waals surface area contributed by atoms with Gasteiger partial charge >= 0.3 is 0 Å². The average molecular weight is 259 g/mol. The Morgan fingerprint density at radius 2 is 1.95 bits per heavy atom. The molecule has 0 radical (unpaired) electrons. The molecule has 4 nitrogen and oxygen atoms in total. The van der Waals surface area contributed by atoms with Crippen LogP contribution in [0.15, 0.2) is 30.6 Å². The predicted octanol–water partition coefficient (Wildman–Crippen LogP) is 3.39. The van der Waals surface area contributed by atoms with Crippen LogP contribution in [-0.4, -0.2) is 14.8 Å². The van der Waals surface area contributed by atoms with Crippen LogP contribution in [0.25, 0.3) is 0 Å². The largest absolute Gasteiger partial charge is 0.486 e. The summed E-state index contributed by atoms with van der Waals surface area (Å²) >= 11 is 0. The zero-order chi connectivity index (χ0) is 13.7. The lowest BCUT2D eigenvalue weighted by molar-refractivity contribution is 0.287. The van der Waals surface area contributed by atoms with Crippen molar-refractivity contribution in [3.8, 4) is 5.75 Å². The minimum absolute atomic E-state index is 0.455. The van der Waals surface area contributed by atoms with E-state index in [9.17, 15) is 0 Å². The van der Waals surface area contributed by atoms with E-state index in [1.807, 2.05) is 23.7 Å². The number of nitrogens with zero attached hydrogens (tertiary/aromatic N) is 3. The second-order valence-corrected chi connectivity index (χ2v) is 4.66. The van der Waals surface area contributed by atoms with Crippen LogP contribution in [0.4, 0.5) is 0 Å². The zero-order valence-corrected chi connectivity index (χ0v) is 11.8. The minimum atomic E-state index is 0.455. The van der Waals surface area contributed by atoms with Crippen molar-refractivity contribution in [2.75, 3.05) is 0 Å². The molecule has 2 aromatic rings. The SMILES string of the molecule is CCC(C)c1ccc(OCc2ncnn2CC)cc1. The Balaban J connectivity index is 1.96. The minimum Gasteiger partial charge on any atom is -0.486 e. The van der Waals surface area contributed by atoms with Crippen molar-refractivity contribution in [3.05, 3.63) is 42.0 Å². The summed E-state index contributed by atoms with van der Waals surface area (Å²) in [5.41, 5.74) is 1.35. The molecule has 0 aliphatic carbocycles. The highest BCUT2D eigenvalue weighted by Crippen LogP contribution is 2.21. The molecule has 0 saturated heterocycles. The van der Waals surface area contributed by atoms with Gasteiger partial charge in [0.1, 0.15) is 18.7 Å². The van der Waals surface area contributed by atoms with E-state index in [2.05, 4.69) is 36.1 Å². The van der Waals surface area contributed by atoms with Gasteiger partial charge in [0.15, 0.2) is 5.82 Å². The molecule has 4 heteroatoms. The van der Waals surface area contributed by atoms with Crippen LogP contribution in [0.3, 0.4) is 0 Å². The van der Waals surface area contributed by atoms with E-state index >= 15 is 0 Å². The maximum Gasteiger partial charge on any atom is 0.164 e. The smallest absolute Gasteiger partial charge is 0.164 e. The van der Waals surface area contributed by atoms with E-state index in [1.165, 1.54) is 5.56 Å². The summed E-state index contributed by atoms with van der Waals surface area (Å²) in [5, 5.41) is 4.12. The fourth-order valence-electron chi connectivity index (χ4n) is 1.94. The van der Waals surface area contributed by atoms with E-state index in [-0.39, 0.29) is 0 Å². The standard InChI is InChI=1S/C15H21N3O/c1-4-12(3)13-6-8-14(9-7-13)19-10-15-16-11-17-18(15)5-2/h6-9,11-12H,4-5,10H2,1-3H3. The molecule has 1 heterocycles. The monoisotopic (exact) mass is 259 g/mol. The van der Waals surface area contributed by atoms with E-state index in [4.69, 9.17) is 4.74 Å². The highest BCUT2D eigenvalue weighted by molar-refractivity contribution is 5.29. The second kappa shape index (κ2) is 6.36. The molecule has 0 bridgehead atoms. The highest BCUT2D eigenvalue weighted by atomic mass is 16.5. The van der Waals surface area contributed by atoms with Gasteiger partial charge in [0, 0.05) is 6.54 Å². The van der Waals surface area contributed by atoms with Crippen LogP contribution in [0, 0.1) is 0 Å². The van der Waals surface area contributed by atoms with E-state index in [0.717, 1.165) is 24.5 Å². The molecule has 0 spiro atoms. The molecule has 19 heavy (non-hydrogen) atoms. The Morgan fingerprint density at radius 3 is 2.58 bits per heavy atom. The van der Waals surface area contributed by atoms with E-state index in [1.54, 1.807) is 6.33 Å². The topological polar surface area (TPSA) is 39.9 Å². The van der Waals surface area contributed by atoms with Crippen molar-refractivity contribution in [2.24, 2.45) is 0 Å². The lowest BCUT2D eigenvalue weighted by Gasteiger charge is -2.10. The Labute approximate surface area is 114 Å². The van der Waals surface area contributed by atoms with Gasteiger partial charge in [0.05, 0.1) is 0 Å². The molecule has 102 valence electrons. The summed E-state index contributed by atoms with van der Waals surface area (Å²) < 4.78 is 7.58. The first kappa shape index (κ1) is 13.6. The van der Waals surface area contributed by atoms with Crippen LogP contribution >= 0.6 is 0 Å². The first-order chi connectivity index (χ1) is 9.24. The zero-order valence-electron chi connectivity index (χ0n) is 11.8. The lowest BCUT2D eigenvalue weighted by Crippen LogP contribution is -2.07. The number of hydrogen-bond acceptors (Lipinski definition) is 3. The van der Waals surface area contributed by atoms with Crippen LogP contribution in [0.2, 0.25) is 0 Å².